The van der Waals surface area contributed by atoms with Gasteiger partial charge in [-0.2, -0.15) is 13.2 Å². The predicted octanol–water partition coefficient (Wildman–Crippen LogP) is 11.6. The molecule has 2 atom stereocenters. The van der Waals surface area contributed by atoms with Gasteiger partial charge in [-0.1, -0.05) is 104 Å². The molecule has 1 aliphatic rings. The highest BCUT2D eigenvalue weighted by molar-refractivity contribution is 7.22. The van der Waals surface area contributed by atoms with E-state index in [1.165, 1.54) is 51.7 Å². The van der Waals surface area contributed by atoms with E-state index in [0.717, 1.165) is 47.1 Å². The zero-order valence-corrected chi connectivity index (χ0v) is 31.3. The first-order valence-electron chi connectivity index (χ1n) is 17.0. The smallest absolute Gasteiger partial charge is 0.416 e. The fourth-order valence-corrected chi connectivity index (χ4v) is 6.20. The molecular weight excluding hydrogens is 661 g/mol. The summed E-state index contributed by atoms with van der Waals surface area (Å²) in [5, 5.41) is 13.2. The first kappa shape index (κ1) is 41.8. The number of thiazole rings is 1. The molecule has 2 unspecified atom stereocenters. The fourth-order valence-electron chi connectivity index (χ4n) is 5.02. The van der Waals surface area contributed by atoms with Gasteiger partial charge in [-0.25, -0.2) is 4.98 Å². The third-order valence-corrected chi connectivity index (χ3v) is 9.97. The molecule has 48 heavy (non-hydrogen) atoms. The molecule has 2 aromatic carbocycles. The number of alkyl halides is 3. The maximum Gasteiger partial charge on any atom is 0.416 e. The van der Waals surface area contributed by atoms with E-state index in [4.69, 9.17) is 21.1 Å². The minimum Gasteiger partial charge on any atom is -0.507 e. The number of phenols is 1. The Hall–Kier alpha value is -2.40. The molecule has 1 amide bonds. The van der Waals surface area contributed by atoms with Gasteiger partial charge in [0, 0.05) is 17.7 Å². The van der Waals surface area contributed by atoms with Gasteiger partial charge in [-0.15, -0.1) is 0 Å². The van der Waals surface area contributed by atoms with Crippen LogP contribution in [0, 0.1) is 23.7 Å². The third-order valence-electron chi connectivity index (χ3n) is 8.83. The predicted molar refractivity (Wildman–Crippen MR) is 192 cm³/mol. The van der Waals surface area contributed by atoms with Gasteiger partial charge in [0.15, 0.2) is 5.13 Å². The van der Waals surface area contributed by atoms with Gasteiger partial charge in [0.2, 0.25) is 0 Å². The number of aromatic hydroxyl groups is 1. The molecule has 3 aromatic rings. The summed E-state index contributed by atoms with van der Waals surface area (Å²) in [4.78, 5) is 17.0. The van der Waals surface area contributed by atoms with E-state index in [9.17, 15) is 23.1 Å². The van der Waals surface area contributed by atoms with Crippen molar-refractivity contribution in [2.75, 3.05) is 25.6 Å². The van der Waals surface area contributed by atoms with Crippen molar-refractivity contribution in [2.45, 2.75) is 106 Å². The number of hydrogen-bond donors (Lipinski definition) is 2. The normalized spacial score (nSPS) is 14.4. The summed E-state index contributed by atoms with van der Waals surface area (Å²) >= 11 is 6.92. The lowest BCUT2D eigenvalue weighted by atomic mass is 9.73. The highest BCUT2D eigenvalue weighted by Crippen LogP contribution is 2.38. The highest BCUT2D eigenvalue weighted by Gasteiger charge is 2.32. The highest BCUT2D eigenvalue weighted by atomic mass is 35.5. The molecule has 0 spiro atoms. The number of rotatable bonds is 13. The van der Waals surface area contributed by atoms with Crippen molar-refractivity contribution < 1.29 is 32.5 Å². The average Bonchev–Trinajstić information content (AvgIpc) is 3.41. The van der Waals surface area contributed by atoms with Crippen LogP contribution in [0.15, 0.2) is 24.3 Å². The van der Waals surface area contributed by atoms with Crippen LogP contribution in [0.3, 0.4) is 0 Å². The average molecular weight is 715 g/mol. The van der Waals surface area contributed by atoms with Gasteiger partial charge in [0.25, 0.3) is 5.91 Å². The number of benzene rings is 2. The number of aromatic nitrogens is 1. The van der Waals surface area contributed by atoms with Crippen molar-refractivity contribution in [3.05, 3.63) is 51.5 Å². The number of ether oxygens (including phenoxy) is 2. The summed E-state index contributed by atoms with van der Waals surface area (Å²) < 4.78 is 50.5. The van der Waals surface area contributed by atoms with Crippen LogP contribution in [0.4, 0.5) is 18.3 Å². The number of anilines is 1. The topological polar surface area (TPSA) is 80.7 Å². The molecule has 1 aliphatic carbocycles. The lowest BCUT2D eigenvalue weighted by Crippen LogP contribution is -2.21. The van der Waals surface area contributed by atoms with E-state index < -0.39 is 17.6 Å². The van der Waals surface area contributed by atoms with E-state index in [1.807, 2.05) is 0 Å². The SMILES string of the molecule is CCC(C)C.CCC(C)CC(C)C1CCC1.CCc1cc(Cl)cc(C(=O)Nc2nc3c(COCCOC)cc(C(F)(F)F)cc3s2)c1O. The number of amides is 1. The van der Waals surface area contributed by atoms with E-state index in [2.05, 4.69) is 51.8 Å². The van der Waals surface area contributed by atoms with Gasteiger partial charge in [0.05, 0.1) is 41.2 Å². The molecule has 0 aliphatic heterocycles. The Kier molecular flexibility index (Phi) is 17.7. The van der Waals surface area contributed by atoms with Gasteiger partial charge in [0.1, 0.15) is 5.75 Å². The minimum atomic E-state index is -4.55. The largest absolute Gasteiger partial charge is 0.507 e. The number of methoxy groups -OCH3 is 1. The van der Waals surface area contributed by atoms with Crippen LogP contribution >= 0.6 is 22.9 Å². The number of nitrogens with one attached hydrogen (secondary N) is 1. The zero-order chi connectivity index (χ0) is 36.0. The monoisotopic (exact) mass is 714 g/mol. The third kappa shape index (κ3) is 13.1. The second-order valence-corrected chi connectivity index (χ2v) is 14.5. The van der Waals surface area contributed by atoms with Crippen molar-refractivity contribution >= 4 is 44.2 Å². The minimum absolute atomic E-state index is 0.0484. The summed E-state index contributed by atoms with van der Waals surface area (Å²) in [6.45, 7) is 16.0. The summed E-state index contributed by atoms with van der Waals surface area (Å²) in [7, 11) is 1.49. The second kappa shape index (κ2) is 20.3. The molecule has 4 rings (SSSR count). The number of aryl methyl sites for hydroxylation is 1. The Labute approximate surface area is 293 Å². The Morgan fingerprint density at radius 2 is 1.73 bits per heavy atom. The number of phenolic OH excluding ortho intramolecular Hbond substituents is 1. The van der Waals surface area contributed by atoms with Gasteiger partial charge >= 0.3 is 6.18 Å². The molecule has 11 heteroatoms. The summed E-state index contributed by atoms with van der Waals surface area (Å²) in [6.07, 6.45) is 4.55. The van der Waals surface area contributed by atoms with Crippen LogP contribution in [-0.4, -0.2) is 36.3 Å². The molecular formula is C37H54ClF3N2O4S. The summed E-state index contributed by atoms with van der Waals surface area (Å²) in [5.41, 5.74) is 0.142. The molecule has 1 aromatic heterocycles. The number of fused-ring (bicyclic) bond motifs is 1. The standard InChI is InChI=1S/C21H20ClF3N2O4S.C11H22.C5H12/c1-3-11-7-14(22)9-15(18(11)28)19(29)27-20-26-17-12(10-31-5-4-30-2)6-13(21(23,24)25)8-16(17)32-20;1-4-9(2)8-10(3)11-6-5-7-11;1-4-5(2)3/h6-9,28H,3-5,10H2,1-2H3,(H,26,27,29);9-11H,4-8H2,1-3H3;5H,4H2,1-3H3. The number of carbonyl (C=O) groups excluding carboxylic acids is 1. The van der Waals surface area contributed by atoms with Crippen LogP contribution in [0.5, 0.6) is 5.75 Å². The van der Waals surface area contributed by atoms with Crippen LogP contribution in [0.25, 0.3) is 10.2 Å². The molecule has 0 bridgehead atoms. The van der Waals surface area contributed by atoms with Crippen molar-refractivity contribution in [1.82, 2.24) is 4.98 Å². The number of carbonyl (C=O) groups is 1. The molecule has 2 N–H and O–H groups in total. The molecule has 270 valence electrons. The van der Waals surface area contributed by atoms with E-state index >= 15 is 0 Å². The fraction of sp³-hybridized carbons (Fsp3) is 0.622. The summed E-state index contributed by atoms with van der Waals surface area (Å²) in [6, 6.07) is 4.83. The molecule has 1 heterocycles. The number of halogens is 4. The Balaban J connectivity index is 0.000000411. The molecule has 1 fully saturated rings. The number of nitrogens with zero attached hydrogens (tertiary/aromatic N) is 1. The van der Waals surface area contributed by atoms with Gasteiger partial charge in [-0.3, -0.25) is 10.1 Å². The maximum atomic E-state index is 13.3. The molecule has 1 saturated carbocycles. The van der Waals surface area contributed by atoms with E-state index in [0.29, 0.717) is 24.1 Å². The molecule has 6 nitrogen and oxygen atoms in total. The Bertz CT molecular complexity index is 1430. The second-order valence-electron chi connectivity index (χ2n) is 13.0. The first-order chi connectivity index (χ1) is 22.6. The van der Waals surface area contributed by atoms with Crippen molar-refractivity contribution in [1.29, 1.82) is 0 Å². The number of hydrogen-bond acceptors (Lipinski definition) is 6. The van der Waals surface area contributed by atoms with E-state index in [-0.39, 0.29) is 44.9 Å². The van der Waals surface area contributed by atoms with Gasteiger partial charge < -0.3 is 14.6 Å². The van der Waals surface area contributed by atoms with Crippen LogP contribution in [0.2, 0.25) is 5.02 Å². The molecule has 0 saturated heterocycles. The van der Waals surface area contributed by atoms with E-state index in [1.54, 1.807) is 13.0 Å². The lowest BCUT2D eigenvalue weighted by Gasteiger charge is -2.32. The van der Waals surface area contributed by atoms with Crippen LogP contribution < -0.4 is 5.32 Å². The van der Waals surface area contributed by atoms with Crippen LogP contribution in [0.1, 0.15) is 114 Å². The van der Waals surface area contributed by atoms with Crippen LogP contribution in [-0.2, 0) is 28.7 Å². The van der Waals surface area contributed by atoms with Gasteiger partial charge in [-0.05, 0) is 66.3 Å². The van der Waals surface area contributed by atoms with Crippen molar-refractivity contribution in [3.8, 4) is 5.75 Å². The zero-order valence-electron chi connectivity index (χ0n) is 29.7. The lowest BCUT2D eigenvalue weighted by molar-refractivity contribution is -0.137. The summed E-state index contributed by atoms with van der Waals surface area (Å²) in [5.74, 6) is 3.04. The van der Waals surface area contributed by atoms with Crippen molar-refractivity contribution in [2.24, 2.45) is 23.7 Å². The maximum absolute atomic E-state index is 13.3. The Morgan fingerprint density at radius 1 is 1.06 bits per heavy atom. The quantitative estimate of drug-likeness (QED) is 0.172. The Morgan fingerprint density at radius 3 is 2.25 bits per heavy atom. The first-order valence-corrected chi connectivity index (χ1v) is 18.2. The van der Waals surface area contributed by atoms with Crippen molar-refractivity contribution in [3.63, 3.8) is 0 Å². The molecule has 0 radical (unpaired) electrons.